The lowest BCUT2D eigenvalue weighted by atomic mass is 10.1. The molecule has 2 N–H and O–H groups in total. The molecule has 0 amide bonds. The van der Waals surface area contributed by atoms with Gasteiger partial charge >= 0.3 is 0 Å². The molecule has 0 radical (unpaired) electrons. The van der Waals surface area contributed by atoms with Crippen molar-refractivity contribution in [1.29, 1.82) is 0 Å². The Morgan fingerprint density at radius 2 is 1.75 bits per heavy atom. The van der Waals surface area contributed by atoms with Crippen molar-refractivity contribution in [3.63, 3.8) is 0 Å². The summed E-state index contributed by atoms with van der Waals surface area (Å²) in [5.74, 6) is -0.843. The third-order valence-corrected chi connectivity index (χ3v) is 3.33. The van der Waals surface area contributed by atoms with E-state index < -0.39 is 11.6 Å². The average molecular weight is 333 g/mol. The smallest absolute Gasteiger partial charge is 0.191 e. The molecule has 0 unspecified atom stereocenters. The van der Waals surface area contributed by atoms with Crippen molar-refractivity contribution in [2.24, 2.45) is 4.99 Å². The molecule has 24 heavy (non-hydrogen) atoms. The molecule has 2 rings (SSSR count). The van der Waals surface area contributed by atoms with Crippen molar-refractivity contribution in [2.75, 3.05) is 26.7 Å². The van der Waals surface area contributed by atoms with Crippen LogP contribution in [0.15, 0.2) is 53.5 Å². The Morgan fingerprint density at radius 3 is 2.46 bits per heavy atom. The molecule has 0 saturated heterocycles. The second-order valence-electron chi connectivity index (χ2n) is 5.09. The van der Waals surface area contributed by atoms with Gasteiger partial charge in [0.05, 0.1) is 6.54 Å². The van der Waals surface area contributed by atoms with Crippen LogP contribution in [0.5, 0.6) is 5.75 Å². The van der Waals surface area contributed by atoms with Gasteiger partial charge in [0.25, 0.3) is 0 Å². The Hall–Kier alpha value is -2.63. The Bertz CT molecular complexity index is 663. The number of nitrogens with zero attached hydrogens (tertiary/aromatic N) is 1. The number of nitrogens with one attached hydrogen (secondary N) is 2. The van der Waals surface area contributed by atoms with Crippen LogP contribution in [0.1, 0.15) is 5.56 Å². The molecule has 0 atom stereocenters. The normalized spacial score (nSPS) is 11.2. The van der Waals surface area contributed by atoms with Crippen LogP contribution in [0.25, 0.3) is 0 Å². The van der Waals surface area contributed by atoms with Crippen molar-refractivity contribution in [3.05, 3.63) is 65.7 Å². The summed E-state index contributed by atoms with van der Waals surface area (Å²) in [4.78, 5) is 4.12. The van der Waals surface area contributed by atoms with Gasteiger partial charge in [-0.2, -0.15) is 0 Å². The monoisotopic (exact) mass is 333 g/mol. The topological polar surface area (TPSA) is 45.7 Å². The van der Waals surface area contributed by atoms with Crippen LogP contribution >= 0.6 is 0 Å². The number of hydrogen-bond acceptors (Lipinski definition) is 2. The molecule has 2 aromatic carbocycles. The van der Waals surface area contributed by atoms with Crippen LogP contribution in [0, 0.1) is 11.6 Å². The number of hydrogen-bond donors (Lipinski definition) is 2. The Balaban J connectivity index is 1.65. The predicted molar refractivity (Wildman–Crippen MR) is 91.4 cm³/mol. The number of rotatable bonds is 7. The van der Waals surface area contributed by atoms with E-state index in [0.29, 0.717) is 24.9 Å². The van der Waals surface area contributed by atoms with E-state index in [-0.39, 0.29) is 0 Å². The van der Waals surface area contributed by atoms with Gasteiger partial charge in [0, 0.05) is 19.7 Å². The van der Waals surface area contributed by atoms with E-state index >= 15 is 0 Å². The maximum absolute atomic E-state index is 13.1. The zero-order valence-electron chi connectivity index (χ0n) is 13.6. The zero-order chi connectivity index (χ0) is 17.2. The van der Waals surface area contributed by atoms with Crippen molar-refractivity contribution in [2.45, 2.75) is 6.42 Å². The van der Waals surface area contributed by atoms with E-state index in [9.17, 15) is 8.78 Å². The molecule has 2 aromatic rings. The fourth-order valence-corrected chi connectivity index (χ4v) is 2.10. The Kier molecular flexibility index (Phi) is 7.01. The lowest BCUT2D eigenvalue weighted by molar-refractivity contribution is 0.318. The molecule has 4 nitrogen and oxygen atoms in total. The number of benzene rings is 2. The van der Waals surface area contributed by atoms with Gasteiger partial charge in [0.2, 0.25) is 0 Å². The summed E-state index contributed by atoms with van der Waals surface area (Å²) >= 11 is 0. The molecular formula is C18H21F2N3O. The second kappa shape index (κ2) is 9.50. The molecule has 0 aromatic heterocycles. The molecule has 0 fully saturated rings. The first-order valence-corrected chi connectivity index (χ1v) is 7.75. The van der Waals surface area contributed by atoms with Gasteiger partial charge in [0.15, 0.2) is 17.6 Å². The van der Waals surface area contributed by atoms with E-state index in [4.69, 9.17) is 4.74 Å². The maximum Gasteiger partial charge on any atom is 0.191 e. The third kappa shape index (κ3) is 5.87. The van der Waals surface area contributed by atoms with Crippen LogP contribution in [-0.2, 0) is 6.42 Å². The molecule has 0 aliphatic heterocycles. The predicted octanol–water partition coefficient (Wildman–Crippen LogP) is 2.75. The third-order valence-electron chi connectivity index (χ3n) is 3.33. The Morgan fingerprint density at radius 1 is 1.00 bits per heavy atom. The van der Waals surface area contributed by atoms with Gasteiger partial charge in [-0.15, -0.1) is 0 Å². The summed E-state index contributed by atoms with van der Waals surface area (Å²) in [5, 5.41) is 6.30. The van der Waals surface area contributed by atoms with E-state index in [1.165, 1.54) is 11.6 Å². The first-order chi connectivity index (χ1) is 11.7. The number of guanidine groups is 1. The van der Waals surface area contributed by atoms with Gasteiger partial charge in [-0.05, 0) is 24.1 Å². The molecule has 0 spiro atoms. The summed E-state index contributed by atoms with van der Waals surface area (Å²) in [7, 11) is 1.69. The van der Waals surface area contributed by atoms with Gasteiger partial charge in [-0.25, -0.2) is 8.78 Å². The molecule has 0 aliphatic rings. The van der Waals surface area contributed by atoms with Gasteiger partial charge in [-0.1, -0.05) is 30.3 Å². The summed E-state index contributed by atoms with van der Waals surface area (Å²) in [6.07, 6.45) is 0.896. The highest BCUT2D eigenvalue weighted by Crippen LogP contribution is 2.14. The number of halogens is 2. The van der Waals surface area contributed by atoms with Crippen LogP contribution < -0.4 is 15.4 Å². The summed E-state index contributed by atoms with van der Waals surface area (Å²) < 4.78 is 31.2. The highest BCUT2D eigenvalue weighted by molar-refractivity contribution is 5.79. The molecular weight excluding hydrogens is 312 g/mol. The largest absolute Gasteiger partial charge is 0.492 e. The number of aliphatic imine (C=N–C) groups is 1. The van der Waals surface area contributed by atoms with Crippen LogP contribution in [-0.4, -0.2) is 32.7 Å². The molecule has 128 valence electrons. The minimum atomic E-state index is -0.918. The summed E-state index contributed by atoms with van der Waals surface area (Å²) in [6.45, 7) is 1.56. The quantitative estimate of drug-likeness (QED) is 0.465. The van der Waals surface area contributed by atoms with Gasteiger partial charge < -0.3 is 15.4 Å². The highest BCUT2D eigenvalue weighted by atomic mass is 19.2. The fourth-order valence-electron chi connectivity index (χ4n) is 2.10. The molecule has 0 bridgehead atoms. The van der Waals surface area contributed by atoms with Crippen molar-refractivity contribution in [1.82, 2.24) is 10.6 Å². The molecule has 0 heterocycles. The van der Waals surface area contributed by atoms with Crippen LogP contribution in [0.3, 0.4) is 0 Å². The SMILES string of the molecule is CN=C(NCCOc1ccc(F)c(F)c1)NCCc1ccccc1. The molecule has 0 aliphatic carbocycles. The van der Waals surface area contributed by atoms with Gasteiger partial charge in [0.1, 0.15) is 12.4 Å². The van der Waals surface area contributed by atoms with Gasteiger partial charge in [-0.3, -0.25) is 4.99 Å². The first-order valence-electron chi connectivity index (χ1n) is 7.75. The van der Waals surface area contributed by atoms with Crippen molar-refractivity contribution < 1.29 is 13.5 Å². The minimum absolute atomic E-state index is 0.294. The highest BCUT2D eigenvalue weighted by Gasteiger charge is 2.03. The van der Waals surface area contributed by atoms with E-state index in [1.54, 1.807) is 7.05 Å². The van der Waals surface area contributed by atoms with Crippen LogP contribution in [0.2, 0.25) is 0 Å². The fraction of sp³-hybridized carbons (Fsp3) is 0.278. The standard InChI is InChI=1S/C18H21F2N3O/c1-21-18(22-10-9-14-5-3-2-4-6-14)23-11-12-24-15-7-8-16(19)17(20)13-15/h2-8,13H,9-12H2,1H3,(H2,21,22,23). The number of ether oxygens (including phenoxy) is 1. The zero-order valence-corrected chi connectivity index (χ0v) is 13.6. The van der Waals surface area contributed by atoms with Crippen molar-refractivity contribution in [3.8, 4) is 5.75 Å². The molecule has 0 saturated carbocycles. The van der Waals surface area contributed by atoms with Crippen LogP contribution in [0.4, 0.5) is 8.78 Å². The maximum atomic E-state index is 13.1. The minimum Gasteiger partial charge on any atom is -0.492 e. The van der Waals surface area contributed by atoms with Crippen molar-refractivity contribution >= 4 is 5.96 Å². The first kappa shape index (κ1) is 17.7. The van der Waals surface area contributed by atoms with E-state index in [0.717, 1.165) is 25.1 Å². The second-order valence-corrected chi connectivity index (χ2v) is 5.09. The lowest BCUT2D eigenvalue weighted by Gasteiger charge is -2.12. The summed E-state index contributed by atoms with van der Waals surface area (Å²) in [6, 6.07) is 13.6. The lowest BCUT2D eigenvalue weighted by Crippen LogP contribution is -2.40. The summed E-state index contributed by atoms with van der Waals surface area (Å²) in [5.41, 5.74) is 1.25. The average Bonchev–Trinajstić information content (AvgIpc) is 2.61. The van der Waals surface area contributed by atoms with E-state index in [2.05, 4.69) is 27.8 Å². The Labute approximate surface area is 140 Å². The molecule has 6 heteroatoms. The van der Waals surface area contributed by atoms with E-state index in [1.807, 2.05) is 18.2 Å².